The van der Waals surface area contributed by atoms with Crippen LogP contribution in [0.3, 0.4) is 0 Å². The Bertz CT molecular complexity index is 1500. The Kier molecular flexibility index (Phi) is 6.68. The summed E-state index contributed by atoms with van der Waals surface area (Å²) in [5.41, 5.74) is 0.904. The number of carbonyl (C=O) groups is 1. The highest BCUT2D eigenvalue weighted by Crippen LogP contribution is 2.50. The van der Waals surface area contributed by atoms with Gasteiger partial charge in [0.05, 0.1) is 29.1 Å². The fourth-order valence-electron chi connectivity index (χ4n) is 4.13. The molecule has 1 atom stereocenters. The number of rotatable bonds is 9. The van der Waals surface area contributed by atoms with Gasteiger partial charge in [0.2, 0.25) is 11.8 Å². The molecule has 4 N–H and O–H groups in total. The SMILES string of the molecule is CNc1cc2ncnc(Oc3ccc(NC(O)C4(C(=O)Nc5ccc(F)cc5)CC4)cc3F)c2cc1OC. The molecular formula is C27H25F2N5O4. The summed E-state index contributed by atoms with van der Waals surface area (Å²) in [6, 6.07) is 12.9. The smallest absolute Gasteiger partial charge is 0.235 e. The van der Waals surface area contributed by atoms with E-state index >= 15 is 4.39 Å². The highest BCUT2D eigenvalue weighted by atomic mass is 19.1. The Labute approximate surface area is 216 Å². The lowest BCUT2D eigenvalue weighted by molar-refractivity contribution is -0.124. The second-order valence-electron chi connectivity index (χ2n) is 8.91. The average Bonchev–Trinajstić information content (AvgIpc) is 3.73. The lowest BCUT2D eigenvalue weighted by Crippen LogP contribution is -2.39. The number of aliphatic hydroxyl groups excluding tert-OH is 1. The van der Waals surface area contributed by atoms with Crippen molar-refractivity contribution in [1.82, 2.24) is 9.97 Å². The number of benzene rings is 3. The molecule has 0 radical (unpaired) electrons. The molecule has 196 valence electrons. The quantitative estimate of drug-likeness (QED) is 0.230. The maximum absolute atomic E-state index is 15.0. The van der Waals surface area contributed by atoms with Gasteiger partial charge in [0.25, 0.3) is 0 Å². The zero-order valence-corrected chi connectivity index (χ0v) is 20.6. The number of nitrogens with zero attached hydrogens (tertiary/aromatic N) is 2. The molecular weight excluding hydrogens is 496 g/mol. The molecule has 11 heteroatoms. The molecule has 5 rings (SSSR count). The molecule has 1 aliphatic rings. The van der Waals surface area contributed by atoms with E-state index < -0.39 is 29.2 Å². The summed E-state index contributed by atoms with van der Waals surface area (Å²) in [7, 11) is 3.29. The van der Waals surface area contributed by atoms with Gasteiger partial charge in [0.15, 0.2) is 11.6 Å². The normalized spacial score (nSPS) is 14.4. The Morgan fingerprint density at radius 2 is 1.76 bits per heavy atom. The first-order valence-corrected chi connectivity index (χ1v) is 11.8. The van der Waals surface area contributed by atoms with Gasteiger partial charge < -0.3 is 30.5 Å². The Balaban J connectivity index is 1.30. The molecule has 0 aliphatic heterocycles. The van der Waals surface area contributed by atoms with Crippen LogP contribution in [0, 0.1) is 17.0 Å². The van der Waals surface area contributed by atoms with Crippen molar-refractivity contribution in [1.29, 1.82) is 0 Å². The molecule has 0 bridgehead atoms. The fraction of sp³-hybridized carbons (Fsp3) is 0.222. The number of hydrogen-bond donors (Lipinski definition) is 4. The van der Waals surface area contributed by atoms with Crippen LogP contribution in [0.1, 0.15) is 12.8 Å². The van der Waals surface area contributed by atoms with Gasteiger partial charge in [-0.1, -0.05) is 0 Å². The molecule has 38 heavy (non-hydrogen) atoms. The third-order valence-corrected chi connectivity index (χ3v) is 6.50. The van der Waals surface area contributed by atoms with Crippen molar-refractivity contribution in [2.24, 2.45) is 5.41 Å². The minimum Gasteiger partial charge on any atom is -0.495 e. The fourth-order valence-corrected chi connectivity index (χ4v) is 4.13. The third-order valence-electron chi connectivity index (χ3n) is 6.50. The molecule has 0 spiro atoms. The molecule has 1 saturated carbocycles. The maximum atomic E-state index is 15.0. The lowest BCUT2D eigenvalue weighted by atomic mass is 10.0. The third kappa shape index (κ3) is 4.88. The zero-order chi connectivity index (χ0) is 26.9. The number of amides is 1. The summed E-state index contributed by atoms with van der Waals surface area (Å²) < 4.78 is 39.3. The standard InChI is InChI=1S/C27H25F2N5O4/c1-30-21-13-20-18(12-23(21)37-2)24(32-14-31-20)38-22-8-7-17(11-19(22)29)34-26(36)27(9-10-27)25(35)33-16-5-3-15(28)4-6-16/h3-8,11-14,26,30,34,36H,9-10H2,1-2H3,(H,33,35). The molecule has 3 aromatic carbocycles. The van der Waals surface area contributed by atoms with Crippen LogP contribution in [0.4, 0.5) is 25.8 Å². The number of nitrogens with one attached hydrogen (secondary N) is 3. The molecule has 9 nitrogen and oxygen atoms in total. The molecule has 1 aliphatic carbocycles. The minimum atomic E-state index is -1.27. The molecule has 1 amide bonds. The van der Waals surface area contributed by atoms with Gasteiger partial charge >= 0.3 is 0 Å². The second kappa shape index (κ2) is 10.1. The molecule has 1 heterocycles. The summed E-state index contributed by atoms with van der Waals surface area (Å²) >= 11 is 0. The van der Waals surface area contributed by atoms with Crippen molar-refractivity contribution in [2.75, 3.05) is 30.1 Å². The van der Waals surface area contributed by atoms with Gasteiger partial charge in [0.1, 0.15) is 24.1 Å². The summed E-state index contributed by atoms with van der Waals surface area (Å²) in [5, 5.41) is 19.8. The van der Waals surface area contributed by atoms with Gasteiger partial charge in [-0.25, -0.2) is 18.7 Å². The Morgan fingerprint density at radius 3 is 2.42 bits per heavy atom. The number of halogens is 2. The summed E-state index contributed by atoms with van der Waals surface area (Å²) in [5.74, 6) is -0.922. The predicted octanol–water partition coefficient (Wildman–Crippen LogP) is 4.90. The Morgan fingerprint density at radius 1 is 1.03 bits per heavy atom. The van der Waals surface area contributed by atoms with E-state index in [0.29, 0.717) is 35.2 Å². The van der Waals surface area contributed by atoms with E-state index in [0.717, 1.165) is 11.8 Å². The first-order chi connectivity index (χ1) is 18.3. The first-order valence-electron chi connectivity index (χ1n) is 11.8. The van der Waals surface area contributed by atoms with Crippen LogP contribution in [0.25, 0.3) is 10.9 Å². The van der Waals surface area contributed by atoms with Crippen LogP contribution in [0.2, 0.25) is 0 Å². The lowest BCUT2D eigenvalue weighted by Gasteiger charge is -2.23. The van der Waals surface area contributed by atoms with Crippen molar-refractivity contribution in [3.05, 3.63) is 72.6 Å². The molecule has 1 fully saturated rings. The number of fused-ring (bicyclic) bond motifs is 1. The topological polar surface area (TPSA) is 118 Å². The van der Waals surface area contributed by atoms with E-state index in [1.807, 2.05) is 0 Å². The van der Waals surface area contributed by atoms with Gasteiger partial charge in [-0.05, 0) is 61.4 Å². The van der Waals surface area contributed by atoms with Crippen molar-refractivity contribution < 1.29 is 28.2 Å². The van der Waals surface area contributed by atoms with Crippen LogP contribution in [0.15, 0.2) is 60.9 Å². The number of anilines is 3. The van der Waals surface area contributed by atoms with Crippen LogP contribution in [0.5, 0.6) is 17.4 Å². The van der Waals surface area contributed by atoms with E-state index in [9.17, 15) is 14.3 Å². The van der Waals surface area contributed by atoms with Crippen molar-refractivity contribution >= 4 is 33.9 Å². The first kappa shape index (κ1) is 25.2. The minimum absolute atomic E-state index is 0.0862. The number of methoxy groups -OCH3 is 1. The molecule has 1 aromatic heterocycles. The number of hydrogen-bond acceptors (Lipinski definition) is 8. The van der Waals surface area contributed by atoms with Crippen LogP contribution in [-0.4, -0.2) is 41.4 Å². The summed E-state index contributed by atoms with van der Waals surface area (Å²) in [6.07, 6.45) is 0.933. The molecule has 4 aromatic rings. The van der Waals surface area contributed by atoms with Crippen LogP contribution < -0.4 is 25.4 Å². The zero-order valence-electron chi connectivity index (χ0n) is 20.6. The number of ether oxygens (including phenoxy) is 2. The van der Waals surface area contributed by atoms with Gasteiger partial charge in [-0.15, -0.1) is 0 Å². The monoisotopic (exact) mass is 521 g/mol. The summed E-state index contributed by atoms with van der Waals surface area (Å²) in [4.78, 5) is 21.2. The maximum Gasteiger partial charge on any atom is 0.235 e. The van der Waals surface area contributed by atoms with Gasteiger partial charge in [-0.2, -0.15) is 0 Å². The van der Waals surface area contributed by atoms with E-state index in [1.165, 1.54) is 49.8 Å². The van der Waals surface area contributed by atoms with Crippen molar-refractivity contribution in [2.45, 2.75) is 19.1 Å². The highest BCUT2D eigenvalue weighted by molar-refractivity contribution is 5.98. The van der Waals surface area contributed by atoms with Gasteiger partial charge in [-0.3, -0.25) is 4.79 Å². The highest BCUT2D eigenvalue weighted by Gasteiger charge is 2.55. The number of carbonyl (C=O) groups excluding carboxylic acids is 1. The van der Waals surface area contributed by atoms with Gasteiger partial charge in [0, 0.05) is 24.5 Å². The second-order valence-corrected chi connectivity index (χ2v) is 8.91. The largest absolute Gasteiger partial charge is 0.495 e. The summed E-state index contributed by atoms with van der Waals surface area (Å²) in [6.45, 7) is 0. The average molecular weight is 522 g/mol. The number of aromatic nitrogens is 2. The Hall–Kier alpha value is -4.51. The van der Waals surface area contributed by atoms with E-state index in [2.05, 4.69) is 25.9 Å². The molecule has 1 unspecified atom stereocenters. The van der Waals surface area contributed by atoms with E-state index in [4.69, 9.17) is 9.47 Å². The van der Waals surface area contributed by atoms with E-state index in [1.54, 1.807) is 19.2 Å². The van der Waals surface area contributed by atoms with E-state index in [-0.39, 0.29) is 17.3 Å². The van der Waals surface area contributed by atoms with Crippen molar-refractivity contribution in [3.8, 4) is 17.4 Å². The predicted molar refractivity (Wildman–Crippen MR) is 138 cm³/mol. The van der Waals surface area contributed by atoms with Crippen LogP contribution >= 0.6 is 0 Å². The number of aliphatic hydroxyl groups is 1. The molecule has 0 saturated heterocycles. The van der Waals surface area contributed by atoms with Crippen LogP contribution in [-0.2, 0) is 4.79 Å². The van der Waals surface area contributed by atoms with Crippen molar-refractivity contribution in [3.63, 3.8) is 0 Å².